The van der Waals surface area contributed by atoms with Gasteiger partial charge in [0, 0.05) is 13.1 Å². The first kappa shape index (κ1) is 18.9. The second-order valence-electron chi connectivity index (χ2n) is 7.08. The number of rotatable bonds is 5. The van der Waals surface area contributed by atoms with Crippen molar-refractivity contribution in [2.24, 2.45) is 0 Å². The topological polar surface area (TPSA) is 84.7 Å². The van der Waals surface area contributed by atoms with Crippen LogP contribution in [0.2, 0.25) is 0 Å². The standard InChI is InChI=1S/C20H25N3O4/c1-13(2)27-18-7-5-4-6-16(18)19(24)22-10-8-15(9-11-22)23-14(3)17(12-21-23)20(25)26/h4-7,12-13,15H,8-11H2,1-3H3,(H,25,26). The number of para-hydroxylation sites is 1. The van der Waals surface area contributed by atoms with E-state index >= 15 is 0 Å². The number of nitrogens with zero attached hydrogens (tertiary/aromatic N) is 3. The Kier molecular flexibility index (Phi) is 5.48. The van der Waals surface area contributed by atoms with E-state index in [1.165, 1.54) is 6.20 Å². The van der Waals surface area contributed by atoms with Gasteiger partial charge in [0.2, 0.25) is 0 Å². The van der Waals surface area contributed by atoms with Crippen molar-refractivity contribution in [2.75, 3.05) is 13.1 Å². The summed E-state index contributed by atoms with van der Waals surface area (Å²) in [5.41, 5.74) is 1.46. The minimum Gasteiger partial charge on any atom is -0.490 e. The molecule has 0 spiro atoms. The molecule has 0 atom stereocenters. The van der Waals surface area contributed by atoms with E-state index in [0.29, 0.717) is 30.1 Å². The molecule has 1 fully saturated rings. The number of aromatic nitrogens is 2. The molecule has 1 aromatic heterocycles. The number of carbonyl (C=O) groups excluding carboxylic acids is 1. The van der Waals surface area contributed by atoms with Crippen molar-refractivity contribution in [2.45, 2.75) is 45.8 Å². The van der Waals surface area contributed by atoms with Gasteiger partial charge in [0.1, 0.15) is 11.3 Å². The number of ether oxygens (including phenoxy) is 1. The maximum atomic E-state index is 13.0. The highest BCUT2D eigenvalue weighted by Gasteiger charge is 2.28. The first-order valence-corrected chi connectivity index (χ1v) is 9.20. The van der Waals surface area contributed by atoms with Gasteiger partial charge in [-0.3, -0.25) is 9.48 Å². The van der Waals surface area contributed by atoms with E-state index in [1.807, 2.05) is 36.9 Å². The average molecular weight is 371 g/mol. The summed E-state index contributed by atoms with van der Waals surface area (Å²) in [5, 5.41) is 13.4. The van der Waals surface area contributed by atoms with Gasteiger partial charge in [0.05, 0.1) is 29.6 Å². The molecule has 144 valence electrons. The van der Waals surface area contributed by atoms with Crippen molar-refractivity contribution in [1.29, 1.82) is 0 Å². The lowest BCUT2D eigenvalue weighted by atomic mass is 10.0. The molecule has 1 aromatic carbocycles. The smallest absolute Gasteiger partial charge is 0.339 e. The summed E-state index contributed by atoms with van der Waals surface area (Å²) < 4.78 is 7.55. The van der Waals surface area contributed by atoms with Crippen LogP contribution in [0.1, 0.15) is 59.1 Å². The normalized spacial score (nSPS) is 15.2. The quantitative estimate of drug-likeness (QED) is 0.873. The molecule has 3 rings (SSSR count). The number of hydrogen-bond acceptors (Lipinski definition) is 4. The van der Waals surface area contributed by atoms with Crippen LogP contribution in [0.3, 0.4) is 0 Å². The Morgan fingerprint density at radius 2 is 1.85 bits per heavy atom. The van der Waals surface area contributed by atoms with E-state index in [-0.39, 0.29) is 23.6 Å². The van der Waals surface area contributed by atoms with E-state index in [2.05, 4.69) is 5.10 Å². The van der Waals surface area contributed by atoms with Gasteiger partial charge in [-0.2, -0.15) is 5.10 Å². The van der Waals surface area contributed by atoms with Crippen LogP contribution in [0, 0.1) is 6.92 Å². The van der Waals surface area contributed by atoms with Crippen molar-refractivity contribution in [3.8, 4) is 5.75 Å². The molecule has 0 aliphatic carbocycles. The van der Waals surface area contributed by atoms with Gasteiger partial charge in [-0.1, -0.05) is 12.1 Å². The highest BCUT2D eigenvalue weighted by Crippen LogP contribution is 2.27. The number of hydrogen-bond donors (Lipinski definition) is 1. The fraction of sp³-hybridized carbons (Fsp3) is 0.450. The molecule has 1 N–H and O–H groups in total. The molecule has 0 bridgehead atoms. The Morgan fingerprint density at radius 3 is 2.44 bits per heavy atom. The number of amides is 1. The third kappa shape index (κ3) is 3.97. The van der Waals surface area contributed by atoms with Crippen molar-refractivity contribution >= 4 is 11.9 Å². The summed E-state index contributed by atoms with van der Waals surface area (Å²) in [6.45, 7) is 6.84. The van der Waals surface area contributed by atoms with Gasteiger partial charge >= 0.3 is 5.97 Å². The van der Waals surface area contributed by atoms with E-state index in [1.54, 1.807) is 17.7 Å². The SMILES string of the molecule is Cc1c(C(=O)O)cnn1C1CCN(C(=O)c2ccccc2OC(C)C)CC1. The Morgan fingerprint density at radius 1 is 1.19 bits per heavy atom. The van der Waals surface area contributed by atoms with Crippen LogP contribution in [0.15, 0.2) is 30.5 Å². The molecule has 7 heteroatoms. The summed E-state index contributed by atoms with van der Waals surface area (Å²) >= 11 is 0. The third-order valence-corrected chi connectivity index (χ3v) is 4.85. The molecule has 2 heterocycles. The Hall–Kier alpha value is -2.83. The zero-order chi connectivity index (χ0) is 19.6. The fourth-order valence-corrected chi connectivity index (χ4v) is 3.49. The van der Waals surface area contributed by atoms with Crippen LogP contribution in [0.5, 0.6) is 5.75 Å². The predicted molar refractivity (Wildman–Crippen MR) is 100 cm³/mol. The number of carbonyl (C=O) groups is 2. The van der Waals surface area contributed by atoms with Crippen LogP contribution in [-0.2, 0) is 0 Å². The average Bonchev–Trinajstić information content (AvgIpc) is 3.03. The number of carboxylic acids is 1. The molecule has 2 aromatic rings. The Bertz CT molecular complexity index is 836. The molecule has 1 amide bonds. The Balaban J connectivity index is 1.69. The van der Waals surface area contributed by atoms with Crippen molar-refractivity contribution in [1.82, 2.24) is 14.7 Å². The molecule has 1 aliphatic rings. The summed E-state index contributed by atoms with van der Waals surface area (Å²) in [6, 6.07) is 7.42. The number of aromatic carboxylic acids is 1. The molecule has 1 saturated heterocycles. The summed E-state index contributed by atoms with van der Waals surface area (Å²) in [5.74, 6) is -0.394. The third-order valence-electron chi connectivity index (χ3n) is 4.85. The first-order chi connectivity index (χ1) is 12.9. The van der Waals surface area contributed by atoms with E-state index in [9.17, 15) is 14.7 Å². The summed E-state index contributed by atoms with van der Waals surface area (Å²) in [6.07, 6.45) is 2.87. The number of piperidine rings is 1. The first-order valence-electron chi connectivity index (χ1n) is 9.20. The van der Waals surface area contributed by atoms with Gasteiger partial charge < -0.3 is 14.7 Å². The maximum Gasteiger partial charge on any atom is 0.339 e. The van der Waals surface area contributed by atoms with Crippen LogP contribution in [-0.4, -0.2) is 50.9 Å². The zero-order valence-corrected chi connectivity index (χ0v) is 15.9. The van der Waals surface area contributed by atoms with Crippen molar-refractivity contribution in [3.63, 3.8) is 0 Å². The largest absolute Gasteiger partial charge is 0.490 e. The summed E-state index contributed by atoms with van der Waals surface area (Å²) in [7, 11) is 0. The van der Waals surface area contributed by atoms with Gasteiger partial charge in [0.25, 0.3) is 5.91 Å². The zero-order valence-electron chi connectivity index (χ0n) is 15.9. The van der Waals surface area contributed by atoms with Crippen LogP contribution >= 0.6 is 0 Å². The van der Waals surface area contributed by atoms with Crippen LogP contribution in [0.25, 0.3) is 0 Å². The van der Waals surface area contributed by atoms with Gasteiger partial charge in [-0.25, -0.2) is 4.79 Å². The molecule has 7 nitrogen and oxygen atoms in total. The van der Waals surface area contributed by atoms with Crippen LogP contribution < -0.4 is 4.74 Å². The molecular weight excluding hydrogens is 346 g/mol. The fourth-order valence-electron chi connectivity index (χ4n) is 3.49. The molecule has 1 aliphatic heterocycles. The predicted octanol–water partition coefficient (Wildman–Crippen LogP) is 3.15. The minimum atomic E-state index is -0.965. The monoisotopic (exact) mass is 371 g/mol. The maximum absolute atomic E-state index is 13.0. The molecule has 0 saturated carbocycles. The Labute approximate surface area is 158 Å². The number of benzene rings is 1. The minimum absolute atomic E-state index is 0.00379. The lowest BCUT2D eigenvalue weighted by molar-refractivity contribution is 0.0682. The van der Waals surface area contributed by atoms with E-state index < -0.39 is 5.97 Å². The summed E-state index contributed by atoms with van der Waals surface area (Å²) in [4.78, 5) is 26.0. The highest BCUT2D eigenvalue weighted by molar-refractivity contribution is 5.97. The van der Waals surface area contributed by atoms with Gasteiger partial charge in [0.15, 0.2) is 0 Å². The van der Waals surface area contributed by atoms with Crippen molar-refractivity contribution < 1.29 is 19.4 Å². The molecule has 0 unspecified atom stereocenters. The molecule has 0 radical (unpaired) electrons. The van der Waals surface area contributed by atoms with E-state index in [0.717, 1.165) is 12.8 Å². The lowest BCUT2D eigenvalue weighted by Gasteiger charge is -2.33. The highest BCUT2D eigenvalue weighted by atomic mass is 16.5. The van der Waals surface area contributed by atoms with E-state index in [4.69, 9.17) is 4.74 Å². The van der Waals surface area contributed by atoms with Gasteiger partial charge in [-0.05, 0) is 45.7 Å². The lowest BCUT2D eigenvalue weighted by Crippen LogP contribution is -2.39. The molecular formula is C20H25N3O4. The van der Waals surface area contributed by atoms with Crippen molar-refractivity contribution in [3.05, 3.63) is 47.3 Å². The number of likely N-dealkylation sites (tertiary alicyclic amines) is 1. The van der Waals surface area contributed by atoms with Crippen LogP contribution in [0.4, 0.5) is 0 Å². The number of carboxylic acid groups (broad SMARTS) is 1. The second kappa shape index (κ2) is 7.82. The van der Waals surface area contributed by atoms with Gasteiger partial charge in [-0.15, -0.1) is 0 Å². The second-order valence-corrected chi connectivity index (χ2v) is 7.08. The molecule has 27 heavy (non-hydrogen) atoms.